The normalized spacial score (nSPS) is 20.6. The first-order valence-electron chi connectivity index (χ1n) is 14.5. The van der Waals surface area contributed by atoms with Crippen LogP contribution in [-0.2, 0) is 23.7 Å². The van der Waals surface area contributed by atoms with Crippen LogP contribution < -0.4 is 0 Å². The minimum Gasteiger partial charge on any atom is -0.452 e. The molecule has 4 aromatic rings. The Hall–Kier alpha value is -4.06. The third kappa shape index (κ3) is 9.30. The van der Waals surface area contributed by atoms with Crippen molar-refractivity contribution in [3.8, 4) is 0 Å². The van der Waals surface area contributed by atoms with Crippen LogP contribution in [0.25, 0.3) is 0 Å². The van der Waals surface area contributed by atoms with Gasteiger partial charge in [-0.25, -0.2) is 14.4 Å². The summed E-state index contributed by atoms with van der Waals surface area (Å²) in [5.74, 6) is -3.11. The zero-order chi connectivity index (χ0) is 34.1. The monoisotopic (exact) mass is 727 g/mol. The zero-order valence-corrected chi connectivity index (χ0v) is 28.0. The Labute approximate surface area is 295 Å². The number of benzene rings is 4. The van der Waals surface area contributed by atoms with E-state index in [1.54, 1.807) is 66.7 Å². The van der Waals surface area contributed by atoms with Crippen molar-refractivity contribution in [2.45, 2.75) is 39.4 Å². The van der Waals surface area contributed by atoms with E-state index in [0.717, 1.165) is 4.90 Å². The molecule has 5 atom stereocenters. The standard InChI is InChI=1S/C35H28Cl3NO8S/c36-35(37,38)34(39)47-33-29(46-32(42)24-17-9-3-10-18-24)28(45-31(41)23-15-7-2-8-16-23)27(44-30(40)22-13-5-1-6-14-22)26(43-33)21-48-25-19-11-4-12-20-25/h1-20,26-29,33,39H,21H2/t26-,27+,28+,29-,33+/m1/s1. The highest BCUT2D eigenvalue weighted by molar-refractivity contribution is 7.99. The Bertz CT molecular complexity index is 1690. The SMILES string of the molecule is N=C(O[C@@H]1O[C@H](CSc2ccccc2)[C@H](OC(=O)c2ccccc2)[C@H](OC(=O)c2ccccc2)[C@H]1OC(=O)c1ccccc1)C(Cl)(Cl)Cl. The molecule has 9 nitrogen and oxygen atoms in total. The molecule has 1 heterocycles. The van der Waals surface area contributed by atoms with Crippen LogP contribution in [0.3, 0.4) is 0 Å². The highest BCUT2D eigenvalue weighted by Crippen LogP contribution is 2.36. The van der Waals surface area contributed by atoms with Crippen LogP contribution in [0.4, 0.5) is 0 Å². The smallest absolute Gasteiger partial charge is 0.338 e. The van der Waals surface area contributed by atoms with Crippen molar-refractivity contribution in [3.63, 3.8) is 0 Å². The third-order valence-electron chi connectivity index (χ3n) is 7.00. The number of halogens is 3. The molecule has 1 saturated heterocycles. The first kappa shape index (κ1) is 35.3. The van der Waals surface area contributed by atoms with Crippen molar-refractivity contribution >= 4 is 70.4 Å². The molecule has 0 unspecified atom stereocenters. The summed E-state index contributed by atoms with van der Waals surface area (Å²) in [6.07, 6.45) is -7.21. The van der Waals surface area contributed by atoms with Gasteiger partial charge in [0.2, 0.25) is 18.3 Å². The predicted molar refractivity (Wildman–Crippen MR) is 182 cm³/mol. The first-order valence-corrected chi connectivity index (χ1v) is 16.7. The second-order valence-electron chi connectivity index (χ2n) is 10.3. The van der Waals surface area contributed by atoms with Gasteiger partial charge in [0.05, 0.1) is 16.7 Å². The lowest BCUT2D eigenvalue weighted by molar-refractivity contribution is -0.269. The number of nitrogens with one attached hydrogen (secondary N) is 1. The number of hydrogen-bond donors (Lipinski definition) is 1. The zero-order valence-electron chi connectivity index (χ0n) is 24.9. The predicted octanol–water partition coefficient (Wildman–Crippen LogP) is 7.54. The second-order valence-corrected chi connectivity index (χ2v) is 13.7. The Balaban J connectivity index is 1.58. The lowest BCUT2D eigenvalue weighted by atomic mass is 9.98. The van der Waals surface area contributed by atoms with Gasteiger partial charge in [0.25, 0.3) is 3.79 Å². The van der Waals surface area contributed by atoms with Gasteiger partial charge in [0, 0.05) is 10.6 Å². The van der Waals surface area contributed by atoms with Gasteiger partial charge in [-0.3, -0.25) is 5.41 Å². The summed E-state index contributed by atoms with van der Waals surface area (Å²) in [7, 11) is 0. The van der Waals surface area contributed by atoms with Gasteiger partial charge in [-0.1, -0.05) is 108 Å². The van der Waals surface area contributed by atoms with Gasteiger partial charge in [0.15, 0.2) is 12.2 Å². The van der Waals surface area contributed by atoms with Crippen LogP contribution in [0.15, 0.2) is 126 Å². The van der Waals surface area contributed by atoms with Gasteiger partial charge in [-0.05, 0) is 48.5 Å². The maximum Gasteiger partial charge on any atom is 0.338 e. The molecule has 5 rings (SSSR count). The molecule has 0 amide bonds. The number of carbonyl (C=O) groups is 3. The number of rotatable bonds is 10. The van der Waals surface area contributed by atoms with Crippen LogP contribution in [0.5, 0.6) is 0 Å². The summed E-state index contributed by atoms with van der Waals surface area (Å²) < 4.78 is 27.6. The second kappa shape index (κ2) is 16.4. The molecule has 0 saturated carbocycles. The molecule has 248 valence electrons. The molecule has 1 aliphatic rings. The Morgan fingerprint density at radius 3 is 1.44 bits per heavy atom. The van der Waals surface area contributed by atoms with E-state index in [-0.39, 0.29) is 22.4 Å². The Morgan fingerprint density at radius 1 is 0.604 bits per heavy atom. The van der Waals surface area contributed by atoms with Gasteiger partial charge in [0.1, 0.15) is 6.10 Å². The Kier molecular flexibility index (Phi) is 12.0. The van der Waals surface area contributed by atoms with E-state index in [4.69, 9.17) is 63.9 Å². The molecule has 0 aliphatic carbocycles. The number of esters is 3. The van der Waals surface area contributed by atoms with E-state index in [0.29, 0.717) is 0 Å². The van der Waals surface area contributed by atoms with Gasteiger partial charge in [-0.15, -0.1) is 11.8 Å². The highest BCUT2D eigenvalue weighted by atomic mass is 35.6. The fourth-order valence-corrected chi connectivity index (χ4v) is 5.79. The van der Waals surface area contributed by atoms with Gasteiger partial charge < -0.3 is 23.7 Å². The van der Waals surface area contributed by atoms with E-state index in [2.05, 4.69) is 0 Å². The molecular weight excluding hydrogens is 701 g/mol. The van der Waals surface area contributed by atoms with Crippen molar-refractivity contribution in [3.05, 3.63) is 138 Å². The van der Waals surface area contributed by atoms with Crippen LogP contribution >= 0.6 is 46.6 Å². The quantitative estimate of drug-likeness (QED) is 0.0441. The Morgan fingerprint density at radius 2 is 1.00 bits per heavy atom. The van der Waals surface area contributed by atoms with Crippen molar-refractivity contribution < 1.29 is 38.1 Å². The first-order chi connectivity index (χ1) is 23.1. The van der Waals surface area contributed by atoms with Gasteiger partial charge in [-0.2, -0.15) is 0 Å². The van der Waals surface area contributed by atoms with Gasteiger partial charge >= 0.3 is 17.9 Å². The molecule has 1 aliphatic heterocycles. The van der Waals surface area contributed by atoms with E-state index >= 15 is 0 Å². The number of thioether (sulfide) groups is 1. The maximum atomic E-state index is 13.6. The molecule has 0 aromatic heterocycles. The topological polar surface area (TPSA) is 121 Å². The number of hydrogen-bond acceptors (Lipinski definition) is 10. The van der Waals surface area contributed by atoms with Crippen LogP contribution in [0.1, 0.15) is 31.1 Å². The number of carbonyl (C=O) groups excluding carboxylic acids is 3. The summed E-state index contributed by atoms with van der Waals surface area (Å²) in [5.41, 5.74) is 0.543. The molecular formula is C35H28Cl3NO8S. The lowest BCUT2D eigenvalue weighted by Crippen LogP contribution is -2.63. The lowest BCUT2D eigenvalue weighted by Gasteiger charge is -2.44. The van der Waals surface area contributed by atoms with Crippen LogP contribution in [0.2, 0.25) is 0 Å². The average molecular weight is 729 g/mol. The van der Waals surface area contributed by atoms with Crippen molar-refractivity contribution in [1.82, 2.24) is 0 Å². The van der Waals surface area contributed by atoms with Crippen molar-refractivity contribution in [2.75, 3.05) is 5.75 Å². The van der Waals surface area contributed by atoms with Crippen LogP contribution in [0, 0.1) is 5.41 Å². The van der Waals surface area contributed by atoms with E-state index in [1.807, 2.05) is 30.3 Å². The highest BCUT2D eigenvalue weighted by Gasteiger charge is 2.54. The molecule has 1 fully saturated rings. The largest absolute Gasteiger partial charge is 0.452 e. The van der Waals surface area contributed by atoms with Crippen molar-refractivity contribution in [1.29, 1.82) is 5.41 Å². The maximum absolute atomic E-state index is 13.6. The third-order valence-corrected chi connectivity index (χ3v) is 8.61. The van der Waals surface area contributed by atoms with E-state index in [9.17, 15) is 14.4 Å². The molecule has 4 aromatic carbocycles. The number of ether oxygens (including phenoxy) is 5. The van der Waals surface area contributed by atoms with Crippen LogP contribution in [-0.4, -0.2) is 64.1 Å². The minimum atomic E-state index is -2.32. The van der Waals surface area contributed by atoms with Crippen molar-refractivity contribution in [2.24, 2.45) is 0 Å². The average Bonchev–Trinajstić information content (AvgIpc) is 3.10. The summed E-state index contributed by atoms with van der Waals surface area (Å²) >= 11 is 19.2. The number of alkyl halides is 3. The summed E-state index contributed by atoms with van der Waals surface area (Å²) in [6.45, 7) is 0. The summed E-state index contributed by atoms with van der Waals surface area (Å²) in [6, 6.07) is 33.6. The molecule has 1 N–H and O–H groups in total. The fraction of sp³-hybridized carbons (Fsp3) is 0.200. The molecule has 48 heavy (non-hydrogen) atoms. The van der Waals surface area contributed by atoms with E-state index < -0.39 is 58.3 Å². The summed E-state index contributed by atoms with van der Waals surface area (Å²) in [5, 5.41) is 8.30. The summed E-state index contributed by atoms with van der Waals surface area (Å²) in [4.78, 5) is 41.4. The minimum absolute atomic E-state index is 0.135. The molecule has 0 spiro atoms. The molecule has 0 radical (unpaired) electrons. The molecule has 13 heteroatoms. The van der Waals surface area contributed by atoms with E-state index in [1.165, 1.54) is 36.0 Å². The molecule has 0 bridgehead atoms. The fourth-order valence-electron chi connectivity index (χ4n) is 4.68.